The molecule has 1 aromatic carbocycles. The van der Waals surface area contributed by atoms with Gasteiger partial charge in [-0.25, -0.2) is 0 Å². The van der Waals surface area contributed by atoms with Crippen LogP contribution in [0.15, 0.2) is 18.2 Å². The summed E-state index contributed by atoms with van der Waals surface area (Å²) in [4.78, 5) is 14.1. The van der Waals surface area contributed by atoms with Crippen molar-refractivity contribution in [2.75, 3.05) is 24.3 Å². The fourth-order valence-electron chi connectivity index (χ4n) is 1.91. The van der Waals surface area contributed by atoms with E-state index in [1.54, 1.807) is 0 Å². The van der Waals surface area contributed by atoms with Crippen LogP contribution in [0.3, 0.4) is 0 Å². The number of carbonyl (C=O) groups is 1. The van der Waals surface area contributed by atoms with E-state index in [-0.39, 0.29) is 11.8 Å². The number of hydrogen-bond acceptors (Lipinski definition) is 3. The Kier molecular flexibility index (Phi) is 5.36. The molecule has 0 aromatic heterocycles. The van der Waals surface area contributed by atoms with Crippen LogP contribution in [-0.4, -0.2) is 26.0 Å². The smallest absolute Gasteiger partial charge is 0.241 e. The Morgan fingerprint density at radius 3 is 2.58 bits per heavy atom. The maximum Gasteiger partial charge on any atom is 0.241 e. The Balaban J connectivity index is 2.83. The minimum atomic E-state index is -0.464. The van der Waals surface area contributed by atoms with Gasteiger partial charge in [-0.15, -0.1) is 0 Å². The molecule has 0 fully saturated rings. The SMILES string of the molecule is CCC(C)[C@H](N)C(=O)Nc1ccc(C)c(N(C)C)c1. The van der Waals surface area contributed by atoms with Gasteiger partial charge in [0.05, 0.1) is 6.04 Å². The van der Waals surface area contributed by atoms with E-state index in [0.717, 1.165) is 17.8 Å². The molecule has 3 N–H and O–H groups in total. The first-order valence-electron chi connectivity index (χ1n) is 6.71. The van der Waals surface area contributed by atoms with Crippen LogP contribution in [0.2, 0.25) is 0 Å². The first-order chi connectivity index (χ1) is 8.86. The zero-order valence-electron chi connectivity index (χ0n) is 12.5. The van der Waals surface area contributed by atoms with Crippen molar-refractivity contribution in [2.24, 2.45) is 11.7 Å². The first kappa shape index (κ1) is 15.5. The monoisotopic (exact) mass is 263 g/mol. The number of amides is 1. The van der Waals surface area contributed by atoms with Gasteiger partial charge < -0.3 is 16.0 Å². The number of carbonyl (C=O) groups excluding carboxylic acids is 1. The standard InChI is InChI=1S/C15H25N3O/c1-6-10(2)14(16)15(19)17-12-8-7-11(3)13(9-12)18(4)5/h7-10,14H,6,16H2,1-5H3,(H,17,19)/t10?,14-/m0/s1. The molecule has 0 aliphatic rings. The molecule has 4 nitrogen and oxygen atoms in total. The highest BCUT2D eigenvalue weighted by atomic mass is 16.2. The van der Waals surface area contributed by atoms with Crippen LogP contribution in [0.25, 0.3) is 0 Å². The Bertz CT molecular complexity index is 443. The number of rotatable bonds is 5. The lowest BCUT2D eigenvalue weighted by molar-refractivity contribution is -0.118. The number of aryl methyl sites for hydroxylation is 1. The topological polar surface area (TPSA) is 58.4 Å². The van der Waals surface area contributed by atoms with Crippen molar-refractivity contribution < 1.29 is 4.79 Å². The van der Waals surface area contributed by atoms with Gasteiger partial charge in [0, 0.05) is 25.5 Å². The quantitative estimate of drug-likeness (QED) is 0.857. The summed E-state index contributed by atoms with van der Waals surface area (Å²) in [5, 5.41) is 2.89. The summed E-state index contributed by atoms with van der Waals surface area (Å²) in [6.45, 7) is 6.07. The van der Waals surface area contributed by atoms with Gasteiger partial charge in [-0.3, -0.25) is 4.79 Å². The van der Waals surface area contributed by atoms with E-state index in [1.807, 2.05) is 58.0 Å². The Labute approximate surface area is 116 Å². The molecule has 1 amide bonds. The summed E-state index contributed by atoms with van der Waals surface area (Å²) in [5.74, 6) is 0.0571. The lowest BCUT2D eigenvalue weighted by Crippen LogP contribution is -2.40. The molecule has 1 rings (SSSR count). The van der Waals surface area contributed by atoms with E-state index >= 15 is 0 Å². The zero-order valence-corrected chi connectivity index (χ0v) is 12.5. The number of anilines is 2. The second-order valence-electron chi connectivity index (χ2n) is 5.30. The number of hydrogen-bond donors (Lipinski definition) is 2. The maximum atomic E-state index is 12.0. The molecule has 0 heterocycles. The molecule has 0 radical (unpaired) electrons. The van der Waals surface area contributed by atoms with Crippen LogP contribution in [0.1, 0.15) is 25.8 Å². The number of nitrogens with one attached hydrogen (secondary N) is 1. The third-order valence-electron chi connectivity index (χ3n) is 3.52. The largest absolute Gasteiger partial charge is 0.377 e. The molecule has 0 spiro atoms. The van der Waals surface area contributed by atoms with Crippen LogP contribution in [0.4, 0.5) is 11.4 Å². The van der Waals surface area contributed by atoms with Crippen molar-refractivity contribution >= 4 is 17.3 Å². The van der Waals surface area contributed by atoms with Crippen molar-refractivity contribution in [2.45, 2.75) is 33.2 Å². The number of nitrogens with two attached hydrogens (primary N) is 1. The molecular weight excluding hydrogens is 238 g/mol. The summed E-state index contributed by atoms with van der Waals surface area (Å²) < 4.78 is 0. The van der Waals surface area contributed by atoms with E-state index in [9.17, 15) is 4.79 Å². The summed E-state index contributed by atoms with van der Waals surface area (Å²) in [5.41, 5.74) is 8.98. The van der Waals surface area contributed by atoms with Crippen molar-refractivity contribution in [1.82, 2.24) is 0 Å². The predicted molar refractivity (Wildman–Crippen MR) is 81.6 cm³/mol. The third kappa shape index (κ3) is 3.96. The molecule has 0 bridgehead atoms. The average Bonchev–Trinajstić information content (AvgIpc) is 2.38. The van der Waals surface area contributed by atoms with Gasteiger partial charge in [0.25, 0.3) is 0 Å². The summed E-state index contributed by atoms with van der Waals surface area (Å²) in [6.07, 6.45) is 0.894. The van der Waals surface area contributed by atoms with Gasteiger partial charge in [0.2, 0.25) is 5.91 Å². The van der Waals surface area contributed by atoms with E-state index in [1.165, 1.54) is 5.56 Å². The van der Waals surface area contributed by atoms with E-state index < -0.39 is 6.04 Å². The van der Waals surface area contributed by atoms with Gasteiger partial charge in [-0.05, 0) is 30.5 Å². The van der Waals surface area contributed by atoms with Gasteiger partial charge in [-0.1, -0.05) is 26.3 Å². The van der Waals surface area contributed by atoms with Crippen molar-refractivity contribution in [3.05, 3.63) is 23.8 Å². The van der Waals surface area contributed by atoms with Crippen molar-refractivity contribution in [1.29, 1.82) is 0 Å². The maximum absolute atomic E-state index is 12.0. The third-order valence-corrected chi connectivity index (χ3v) is 3.52. The van der Waals surface area contributed by atoms with Gasteiger partial charge in [0.15, 0.2) is 0 Å². The van der Waals surface area contributed by atoms with Crippen molar-refractivity contribution in [3.8, 4) is 0 Å². The minimum absolute atomic E-state index is 0.122. The number of nitrogens with zero attached hydrogens (tertiary/aromatic N) is 1. The Morgan fingerprint density at radius 2 is 2.05 bits per heavy atom. The lowest BCUT2D eigenvalue weighted by Gasteiger charge is -2.20. The highest BCUT2D eigenvalue weighted by Crippen LogP contribution is 2.22. The molecule has 4 heteroatoms. The molecule has 2 atom stereocenters. The predicted octanol–water partition coefficient (Wildman–Crippen LogP) is 2.37. The highest BCUT2D eigenvalue weighted by Gasteiger charge is 2.19. The van der Waals surface area contributed by atoms with E-state index in [2.05, 4.69) is 5.32 Å². The number of benzene rings is 1. The molecular formula is C15H25N3O. The normalized spacial score (nSPS) is 13.8. The van der Waals surface area contributed by atoms with Crippen LogP contribution < -0.4 is 16.0 Å². The van der Waals surface area contributed by atoms with E-state index in [0.29, 0.717) is 0 Å². The van der Waals surface area contributed by atoms with Crippen LogP contribution in [0, 0.1) is 12.8 Å². The average molecular weight is 263 g/mol. The van der Waals surface area contributed by atoms with E-state index in [4.69, 9.17) is 5.73 Å². The van der Waals surface area contributed by atoms with Gasteiger partial charge in [-0.2, -0.15) is 0 Å². The fourth-order valence-corrected chi connectivity index (χ4v) is 1.91. The second-order valence-corrected chi connectivity index (χ2v) is 5.30. The molecule has 1 aromatic rings. The zero-order chi connectivity index (χ0) is 14.6. The second kappa shape index (κ2) is 6.57. The molecule has 19 heavy (non-hydrogen) atoms. The molecule has 106 valence electrons. The van der Waals surface area contributed by atoms with Gasteiger partial charge in [0.1, 0.15) is 0 Å². The Morgan fingerprint density at radius 1 is 1.42 bits per heavy atom. The molecule has 0 saturated carbocycles. The van der Waals surface area contributed by atoms with Crippen LogP contribution >= 0.6 is 0 Å². The van der Waals surface area contributed by atoms with Crippen molar-refractivity contribution in [3.63, 3.8) is 0 Å². The minimum Gasteiger partial charge on any atom is -0.377 e. The first-order valence-corrected chi connectivity index (χ1v) is 6.71. The summed E-state index contributed by atoms with van der Waals surface area (Å²) >= 11 is 0. The summed E-state index contributed by atoms with van der Waals surface area (Å²) in [6, 6.07) is 5.41. The molecule has 1 unspecified atom stereocenters. The van der Waals surface area contributed by atoms with Crippen LogP contribution in [0.5, 0.6) is 0 Å². The fraction of sp³-hybridized carbons (Fsp3) is 0.533. The van der Waals surface area contributed by atoms with Gasteiger partial charge >= 0.3 is 0 Å². The molecule has 0 aliphatic heterocycles. The molecule has 0 saturated heterocycles. The summed E-state index contributed by atoms with van der Waals surface area (Å²) in [7, 11) is 3.97. The highest BCUT2D eigenvalue weighted by molar-refractivity contribution is 5.95. The molecule has 0 aliphatic carbocycles. The Hall–Kier alpha value is -1.55. The van der Waals surface area contributed by atoms with Crippen LogP contribution in [-0.2, 0) is 4.79 Å². The lowest BCUT2D eigenvalue weighted by atomic mass is 9.99.